The van der Waals surface area contributed by atoms with Crippen molar-refractivity contribution in [1.82, 2.24) is 9.97 Å². The maximum atomic E-state index is 12.6. The van der Waals surface area contributed by atoms with Gasteiger partial charge in [-0.1, -0.05) is 44.2 Å². The topological polar surface area (TPSA) is 113 Å². The highest BCUT2D eigenvalue weighted by Crippen LogP contribution is 2.22. The summed E-state index contributed by atoms with van der Waals surface area (Å²) in [7, 11) is 0. The molecule has 1 amide bonds. The molecule has 0 aliphatic rings. The maximum absolute atomic E-state index is 12.6. The molecule has 0 aliphatic heterocycles. The van der Waals surface area contributed by atoms with E-state index in [-0.39, 0.29) is 24.5 Å². The first-order valence-corrected chi connectivity index (χ1v) is 9.45. The molecule has 0 unspecified atom stereocenters. The van der Waals surface area contributed by atoms with Crippen LogP contribution in [0.3, 0.4) is 0 Å². The Hall–Kier alpha value is -3.45. The van der Waals surface area contributed by atoms with Crippen LogP contribution in [0.25, 0.3) is 11.3 Å². The zero-order valence-electron chi connectivity index (χ0n) is 16.5. The Balaban J connectivity index is 1.93. The summed E-state index contributed by atoms with van der Waals surface area (Å²) in [5.74, 6) is 0.586. The Morgan fingerprint density at radius 1 is 1.07 bits per heavy atom. The number of nitrogens with two attached hydrogens (primary N) is 1. The number of aromatic nitrogens is 2. The van der Waals surface area contributed by atoms with Gasteiger partial charge in [-0.2, -0.15) is 4.98 Å². The maximum Gasteiger partial charge on any atom is 0.256 e. The first-order valence-electron chi connectivity index (χ1n) is 9.45. The monoisotopic (exact) mass is 391 g/mol. The molecule has 7 nitrogen and oxygen atoms in total. The molecule has 5 N–H and O–H groups in total. The number of carbonyl (C=O) groups excluding carboxylic acids is 1. The summed E-state index contributed by atoms with van der Waals surface area (Å²) >= 11 is 0. The van der Waals surface area contributed by atoms with Crippen molar-refractivity contribution in [3.05, 3.63) is 66.2 Å². The number of carbonyl (C=O) groups is 1. The Morgan fingerprint density at radius 3 is 2.38 bits per heavy atom. The molecule has 1 atom stereocenters. The van der Waals surface area contributed by atoms with Crippen LogP contribution in [0, 0.1) is 5.92 Å². The number of aliphatic hydroxyl groups is 1. The highest BCUT2D eigenvalue weighted by molar-refractivity contribution is 6.04. The van der Waals surface area contributed by atoms with E-state index in [1.807, 2.05) is 44.2 Å². The van der Waals surface area contributed by atoms with E-state index < -0.39 is 0 Å². The van der Waals surface area contributed by atoms with Gasteiger partial charge in [-0.05, 0) is 30.2 Å². The number of rotatable bonds is 7. The summed E-state index contributed by atoms with van der Waals surface area (Å²) in [6.45, 7) is 3.95. The SMILES string of the molecule is CC(C)[C@H](CO)Nc1nc(NC(=O)c2ccc(N)cc2)cc(-c2ccccc2)n1. The minimum atomic E-state index is -0.295. The molecule has 29 heavy (non-hydrogen) atoms. The molecule has 150 valence electrons. The van der Waals surface area contributed by atoms with Crippen molar-refractivity contribution in [2.75, 3.05) is 23.0 Å². The second-order valence-electron chi connectivity index (χ2n) is 7.08. The first kappa shape index (κ1) is 20.3. The van der Waals surface area contributed by atoms with Gasteiger partial charge in [0, 0.05) is 22.9 Å². The van der Waals surface area contributed by atoms with Crippen molar-refractivity contribution in [3.8, 4) is 11.3 Å². The van der Waals surface area contributed by atoms with E-state index in [1.54, 1.807) is 30.3 Å². The molecule has 0 saturated heterocycles. The average molecular weight is 391 g/mol. The summed E-state index contributed by atoms with van der Waals surface area (Å²) in [4.78, 5) is 21.6. The average Bonchev–Trinajstić information content (AvgIpc) is 2.72. The van der Waals surface area contributed by atoms with Gasteiger partial charge in [-0.15, -0.1) is 0 Å². The molecule has 0 saturated carbocycles. The minimum absolute atomic E-state index is 0.0519. The van der Waals surface area contributed by atoms with Gasteiger partial charge in [0.2, 0.25) is 5.95 Å². The molecular weight excluding hydrogens is 366 g/mol. The summed E-state index contributed by atoms with van der Waals surface area (Å²) in [5.41, 5.74) is 8.31. The lowest BCUT2D eigenvalue weighted by Gasteiger charge is -2.20. The number of hydrogen-bond donors (Lipinski definition) is 4. The molecular formula is C22H25N5O2. The van der Waals surface area contributed by atoms with Crippen LogP contribution in [0.4, 0.5) is 17.5 Å². The summed E-state index contributed by atoms with van der Waals surface area (Å²) < 4.78 is 0. The van der Waals surface area contributed by atoms with Gasteiger partial charge in [0.15, 0.2) is 0 Å². The highest BCUT2D eigenvalue weighted by Gasteiger charge is 2.16. The molecule has 3 aromatic rings. The lowest BCUT2D eigenvalue weighted by atomic mass is 10.1. The molecule has 3 rings (SSSR count). The van der Waals surface area contributed by atoms with Crippen LogP contribution >= 0.6 is 0 Å². The quantitative estimate of drug-likeness (QED) is 0.459. The Kier molecular flexibility index (Phi) is 6.41. The number of nitrogens with zero attached hydrogens (tertiary/aromatic N) is 2. The van der Waals surface area contributed by atoms with Gasteiger partial charge in [0.25, 0.3) is 5.91 Å². The fourth-order valence-corrected chi connectivity index (χ4v) is 2.74. The van der Waals surface area contributed by atoms with E-state index in [1.165, 1.54) is 0 Å². The summed E-state index contributed by atoms with van der Waals surface area (Å²) in [5, 5.41) is 15.6. The molecule has 0 spiro atoms. The number of nitrogens with one attached hydrogen (secondary N) is 2. The second kappa shape index (κ2) is 9.16. The summed E-state index contributed by atoms with van der Waals surface area (Å²) in [6.07, 6.45) is 0. The smallest absolute Gasteiger partial charge is 0.256 e. The normalized spacial score (nSPS) is 11.9. The van der Waals surface area contributed by atoms with Gasteiger partial charge in [-0.3, -0.25) is 4.79 Å². The van der Waals surface area contributed by atoms with Crippen LogP contribution in [0.15, 0.2) is 60.7 Å². The predicted octanol–water partition coefficient (Wildman–Crippen LogP) is 3.41. The van der Waals surface area contributed by atoms with Crippen LogP contribution in [0.1, 0.15) is 24.2 Å². The van der Waals surface area contributed by atoms with Crippen molar-refractivity contribution in [1.29, 1.82) is 0 Å². The highest BCUT2D eigenvalue weighted by atomic mass is 16.3. The second-order valence-corrected chi connectivity index (χ2v) is 7.08. The standard InChI is InChI=1S/C22H25N5O2/c1-14(2)19(13-28)25-22-24-18(15-6-4-3-5-7-15)12-20(27-22)26-21(29)16-8-10-17(23)11-9-16/h3-12,14,19,28H,13,23H2,1-2H3,(H2,24,25,26,27,29)/t19-/m0/s1. The lowest BCUT2D eigenvalue weighted by molar-refractivity contribution is 0.102. The van der Waals surface area contributed by atoms with Gasteiger partial charge < -0.3 is 21.5 Å². The van der Waals surface area contributed by atoms with Crippen molar-refractivity contribution in [3.63, 3.8) is 0 Å². The fraction of sp³-hybridized carbons (Fsp3) is 0.227. The number of hydrogen-bond acceptors (Lipinski definition) is 6. The van der Waals surface area contributed by atoms with Crippen LogP contribution in [-0.2, 0) is 0 Å². The van der Waals surface area contributed by atoms with Crippen LogP contribution in [-0.4, -0.2) is 33.6 Å². The van der Waals surface area contributed by atoms with Crippen LogP contribution in [0.5, 0.6) is 0 Å². The Bertz CT molecular complexity index is 959. The van der Waals surface area contributed by atoms with Crippen LogP contribution < -0.4 is 16.4 Å². The third-order valence-electron chi connectivity index (χ3n) is 4.53. The van der Waals surface area contributed by atoms with Crippen molar-refractivity contribution < 1.29 is 9.90 Å². The zero-order valence-corrected chi connectivity index (χ0v) is 16.5. The number of benzene rings is 2. The summed E-state index contributed by atoms with van der Waals surface area (Å²) in [6, 6.07) is 17.8. The molecule has 0 radical (unpaired) electrons. The molecule has 0 aliphatic carbocycles. The third kappa shape index (κ3) is 5.30. The van der Waals surface area contributed by atoms with Gasteiger partial charge >= 0.3 is 0 Å². The van der Waals surface area contributed by atoms with E-state index in [9.17, 15) is 9.90 Å². The van der Waals surface area contributed by atoms with E-state index in [0.29, 0.717) is 28.7 Å². The molecule has 1 aromatic heterocycles. The first-order chi connectivity index (χ1) is 14.0. The zero-order chi connectivity index (χ0) is 20.8. The number of nitrogen functional groups attached to an aromatic ring is 1. The van der Waals surface area contributed by atoms with Gasteiger partial charge in [0.05, 0.1) is 18.3 Å². The number of amides is 1. The van der Waals surface area contributed by atoms with Crippen molar-refractivity contribution in [2.24, 2.45) is 5.92 Å². The fourth-order valence-electron chi connectivity index (χ4n) is 2.74. The van der Waals surface area contributed by atoms with Crippen molar-refractivity contribution >= 4 is 23.4 Å². The molecule has 0 fully saturated rings. The molecule has 1 heterocycles. The largest absolute Gasteiger partial charge is 0.399 e. The Morgan fingerprint density at radius 2 is 1.76 bits per heavy atom. The van der Waals surface area contributed by atoms with E-state index in [4.69, 9.17) is 5.73 Å². The van der Waals surface area contributed by atoms with Gasteiger partial charge in [-0.25, -0.2) is 4.98 Å². The van der Waals surface area contributed by atoms with E-state index >= 15 is 0 Å². The predicted molar refractivity (Wildman–Crippen MR) is 116 cm³/mol. The van der Waals surface area contributed by atoms with Gasteiger partial charge in [0.1, 0.15) is 5.82 Å². The Labute approximate surface area is 170 Å². The van der Waals surface area contributed by atoms with E-state index in [0.717, 1.165) is 5.56 Å². The minimum Gasteiger partial charge on any atom is -0.399 e. The van der Waals surface area contributed by atoms with Crippen LogP contribution in [0.2, 0.25) is 0 Å². The van der Waals surface area contributed by atoms with E-state index in [2.05, 4.69) is 20.6 Å². The molecule has 0 bridgehead atoms. The molecule has 2 aromatic carbocycles. The van der Waals surface area contributed by atoms with Crippen molar-refractivity contribution in [2.45, 2.75) is 19.9 Å². The number of aliphatic hydroxyl groups excluding tert-OH is 1. The lowest BCUT2D eigenvalue weighted by Crippen LogP contribution is -2.30. The molecule has 7 heteroatoms. The third-order valence-corrected chi connectivity index (χ3v) is 4.53. The number of anilines is 3.